The highest BCUT2D eigenvalue weighted by Crippen LogP contribution is 2.25. The van der Waals surface area contributed by atoms with E-state index < -0.39 is 6.36 Å². The van der Waals surface area contributed by atoms with E-state index >= 15 is 0 Å². The number of allylic oxidation sites excluding steroid dienone is 1. The van der Waals surface area contributed by atoms with E-state index in [0.29, 0.717) is 5.56 Å². The van der Waals surface area contributed by atoms with Crippen molar-refractivity contribution in [2.75, 3.05) is 0 Å². The molecule has 0 aliphatic heterocycles. The molecular formula is C10H5ClF3NO. The summed E-state index contributed by atoms with van der Waals surface area (Å²) in [4.78, 5) is 0. The smallest absolute Gasteiger partial charge is 0.406 e. The van der Waals surface area contributed by atoms with E-state index in [1.165, 1.54) is 12.1 Å². The van der Waals surface area contributed by atoms with Crippen molar-refractivity contribution in [1.82, 2.24) is 0 Å². The zero-order valence-electron chi connectivity index (χ0n) is 7.75. The lowest BCUT2D eigenvalue weighted by Crippen LogP contribution is -2.16. The second-order valence-electron chi connectivity index (χ2n) is 2.69. The summed E-state index contributed by atoms with van der Waals surface area (Å²) in [5.41, 5.74) is 0.442. The average Bonchev–Trinajstić information content (AvgIpc) is 2.16. The number of hydrogen-bond acceptors (Lipinski definition) is 2. The molecule has 0 atom stereocenters. The zero-order valence-corrected chi connectivity index (χ0v) is 8.51. The molecule has 0 unspecified atom stereocenters. The van der Waals surface area contributed by atoms with Gasteiger partial charge in [0.1, 0.15) is 5.75 Å². The molecule has 0 saturated carbocycles. The Kier molecular flexibility index (Phi) is 3.80. The largest absolute Gasteiger partial charge is 0.573 e. The Morgan fingerprint density at radius 1 is 1.31 bits per heavy atom. The zero-order chi connectivity index (χ0) is 12.2. The highest BCUT2D eigenvalue weighted by molar-refractivity contribution is 6.48. The lowest BCUT2D eigenvalue weighted by molar-refractivity contribution is -0.274. The molecule has 0 spiro atoms. The van der Waals surface area contributed by atoms with Gasteiger partial charge in [-0.1, -0.05) is 11.6 Å². The van der Waals surface area contributed by atoms with Gasteiger partial charge in [0.05, 0.1) is 11.1 Å². The molecule has 1 rings (SSSR count). The fourth-order valence-corrected chi connectivity index (χ4v) is 1.13. The maximum atomic E-state index is 11.8. The first-order valence-corrected chi connectivity index (χ1v) is 4.41. The highest BCUT2D eigenvalue weighted by Gasteiger charge is 2.30. The summed E-state index contributed by atoms with van der Waals surface area (Å²) in [7, 11) is 0. The second-order valence-corrected chi connectivity index (χ2v) is 3.10. The van der Waals surface area contributed by atoms with Crippen molar-refractivity contribution in [3.05, 3.63) is 35.9 Å². The lowest BCUT2D eigenvalue weighted by atomic mass is 10.2. The second kappa shape index (κ2) is 4.90. The maximum Gasteiger partial charge on any atom is 0.573 e. The van der Waals surface area contributed by atoms with Gasteiger partial charge in [-0.25, -0.2) is 0 Å². The van der Waals surface area contributed by atoms with Gasteiger partial charge in [-0.15, -0.1) is 13.2 Å². The van der Waals surface area contributed by atoms with Crippen molar-refractivity contribution >= 4 is 16.6 Å². The number of halogens is 4. The fourth-order valence-electron chi connectivity index (χ4n) is 0.956. The van der Waals surface area contributed by atoms with Crippen LogP contribution in [0.4, 0.5) is 13.2 Å². The first kappa shape index (κ1) is 12.4. The van der Waals surface area contributed by atoms with Gasteiger partial charge in [-0.05, 0) is 29.8 Å². The number of nitriles is 1. The van der Waals surface area contributed by atoms with Gasteiger partial charge in [0.2, 0.25) is 0 Å². The van der Waals surface area contributed by atoms with Gasteiger partial charge in [-0.3, -0.25) is 0 Å². The molecule has 2 nitrogen and oxygen atoms in total. The molecule has 0 N–H and O–H groups in total. The number of alkyl halides is 3. The molecule has 1 aromatic rings. The van der Waals surface area contributed by atoms with E-state index in [9.17, 15) is 13.2 Å². The average molecular weight is 248 g/mol. The van der Waals surface area contributed by atoms with Crippen LogP contribution in [0.5, 0.6) is 5.75 Å². The van der Waals surface area contributed by atoms with Crippen molar-refractivity contribution in [3.63, 3.8) is 0 Å². The predicted molar refractivity (Wildman–Crippen MR) is 52.6 cm³/mol. The summed E-state index contributed by atoms with van der Waals surface area (Å²) in [5.74, 6) is -0.335. The van der Waals surface area contributed by atoms with Crippen molar-refractivity contribution in [2.24, 2.45) is 0 Å². The van der Waals surface area contributed by atoms with E-state index in [0.717, 1.165) is 18.2 Å². The van der Waals surface area contributed by atoms with Gasteiger partial charge in [0, 0.05) is 6.08 Å². The SMILES string of the molecule is N#C/C=C(\Cl)c1ccc(OC(F)(F)F)cc1. The molecule has 0 aromatic heterocycles. The summed E-state index contributed by atoms with van der Waals surface area (Å²) in [6.07, 6.45) is -3.63. The summed E-state index contributed by atoms with van der Waals surface area (Å²) in [6, 6.07) is 6.62. The van der Waals surface area contributed by atoms with Crippen LogP contribution < -0.4 is 4.74 Å². The van der Waals surface area contributed by atoms with Crippen molar-refractivity contribution in [3.8, 4) is 11.8 Å². The highest BCUT2D eigenvalue weighted by atomic mass is 35.5. The number of nitrogens with zero attached hydrogens (tertiary/aromatic N) is 1. The molecule has 0 radical (unpaired) electrons. The first-order chi connectivity index (χ1) is 7.42. The van der Waals surface area contributed by atoms with Crippen LogP contribution in [0, 0.1) is 11.3 Å². The quantitative estimate of drug-likeness (QED) is 0.747. The van der Waals surface area contributed by atoms with Crippen LogP contribution in [0.25, 0.3) is 5.03 Å². The van der Waals surface area contributed by atoms with Crippen molar-refractivity contribution in [1.29, 1.82) is 5.26 Å². The summed E-state index contributed by atoms with van der Waals surface area (Å²) in [6.45, 7) is 0. The van der Waals surface area contributed by atoms with E-state index in [2.05, 4.69) is 4.74 Å². The topological polar surface area (TPSA) is 33.0 Å². The molecule has 0 aliphatic rings. The van der Waals surface area contributed by atoms with Gasteiger partial charge in [0.25, 0.3) is 0 Å². The van der Waals surface area contributed by atoms with Crippen LogP contribution in [0.15, 0.2) is 30.3 Å². The molecule has 0 heterocycles. The lowest BCUT2D eigenvalue weighted by Gasteiger charge is -2.08. The summed E-state index contributed by atoms with van der Waals surface area (Å²) >= 11 is 5.67. The molecule has 0 aliphatic carbocycles. The standard InChI is InChI=1S/C10H5ClF3NO/c11-9(5-6-15)7-1-3-8(4-2-7)16-10(12,13)14/h1-5H/b9-5-. The molecule has 0 fully saturated rings. The Balaban J connectivity index is 2.85. The number of rotatable bonds is 2. The van der Waals surface area contributed by atoms with E-state index in [4.69, 9.17) is 16.9 Å². The third kappa shape index (κ3) is 3.83. The van der Waals surface area contributed by atoms with Crippen molar-refractivity contribution < 1.29 is 17.9 Å². The maximum absolute atomic E-state index is 11.8. The van der Waals surface area contributed by atoms with Crippen molar-refractivity contribution in [2.45, 2.75) is 6.36 Å². The predicted octanol–water partition coefficient (Wildman–Crippen LogP) is 3.69. The molecule has 6 heteroatoms. The van der Waals surface area contributed by atoms with Crippen LogP contribution in [-0.4, -0.2) is 6.36 Å². The van der Waals surface area contributed by atoms with Crippen LogP contribution in [0.1, 0.15) is 5.56 Å². The molecule has 16 heavy (non-hydrogen) atoms. The Morgan fingerprint density at radius 3 is 2.31 bits per heavy atom. The Hall–Kier alpha value is -1.67. The van der Waals surface area contributed by atoms with E-state index in [-0.39, 0.29) is 10.8 Å². The summed E-state index contributed by atoms with van der Waals surface area (Å²) in [5, 5.41) is 8.47. The molecular weight excluding hydrogens is 243 g/mol. The monoisotopic (exact) mass is 247 g/mol. The van der Waals surface area contributed by atoms with E-state index in [1.54, 1.807) is 6.07 Å². The van der Waals surface area contributed by atoms with E-state index in [1.807, 2.05) is 0 Å². The van der Waals surface area contributed by atoms with Crippen LogP contribution in [-0.2, 0) is 0 Å². The fraction of sp³-hybridized carbons (Fsp3) is 0.100. The first-order valence-electron chi connectivity index (χ1n) is 4.04. The van der Waals surface area contributed by atoms with Crippen LogP contribution >= 0.6 is 11.6 Å². The number of hydrogen-bond donors (Lipinski definition) is 0. The molecule has 0 bridgehead atoms. The van der Waals surface area contributed by atoms with Gasteiger partial charge >= 0.3 is 6.36 Å². The molecule has 84 valence electrons. The molecule has 0 amide bonds. The third-order valence-corrected chi connectivity index (χ3v) is 1.88. The number of benzene rings is 1. The Bertz CT molecular complexity index is 431. The normalized spacial score (nSPS) is 12.1. The van der Waals surface area contributed by atoms with Gasteiger partial charge < -0.3 is 4.74 Å². The Labute approximate surface area is 94.5 Å². The van der Waals surface area contributed by atoms with Gasteiger partial charge in [0.15, 0.2) is 0 Å². The minimum atomic E-state index is -4.71. The summed E-state index contributed by atoms with van der Waals surface area (Å²) < 4.78 is 39.1. The minimum Gasteiger partial charge on any atom is -0.406 e. The molecule has 0 saturated heterocycles. The Morgan fingerprint density at radius 2 is 1.88 bits per heavy atom. The van der Waals surface area contributed by atoms with Gasteiger partial charge in [-0.2, -0.15) is 5.26 Å². The molecule has 1 aromatic carbocycles. The number of ether oxygens (including phenoxy) is 1. The van der Waals surface area contributed by atoms with Crippen LogP contribution in [0.2, 0.25) is 0 Å². The third-order valence-electron chi connectivity index (χ3n) is 1.55. The van der Waals surface area contributed by atoms with Crippen LogP contribution in [0.3, 0.4) is 0 Å². The minimum absolute atomic E-state index is 0.154.